The number of carbonyl (C=O) groups is 1. The summed E-state index contributed by atoms with van der Waals surface area (Å²) in [6.07, 6.45) is 21.3. The van der Waals surface area contributed by atoms with E-state index in [-0.39, 0.29) is 12.5 Å². The predicted molar refractivity (Wildman–Crippen MR) is 98.7 cm³/mol. The van der Waals surface area contributed by atoms with Crippen molar-refractivity contribution in [2.24, 2.45) is 0 Å². The number of aliphatic hydroxyl groups is 2. The maximum Gasteiger partial charge on any atom is 0.303 e. The van der Waals surface area contributed by atoms with E-state index in [0.29, 0.717) is 12.8 Å². The van der Waals surface area contributed by atoms with Gasteiger partial charge >= 0.3 is 5.97 Å². The first-order chi connectivity index (χ1) is 11.6. The second-order valence-electron chi connectivity index (χ2n) is 5.40. The lowest BCUT2D eigenvalue weighted by molar-refractivity contribution is -0.137. The van der Waals surface area contributed by atoms with E-state index < -0.39 is 12.1 Å². The maximum atomic E-state index is 10.3. The second-order valence-corrected chi connectivity index (χ2v) is 5.40. The van der Waals surface area contributed by atoms with Crippen LogP contribution in [0.2, 0.25) is 0 Å². The Kier molecular flexibility index (Phi) is 14.7. The molecule has 0 radical (unpaired) electrons. The molecule has 0 amide bonds. The largest absolute Gasteiger partial charge is 0.481 e. The average Bonchev–Trinajstić information content (AvgIpc) is 2.55. The zero-order valence-electron chi connectivity index (χ0n) is 14.4. The molecule has 0 aromatic rings. The van der Waals surface area contributed by atoms with E-state index in [1.807, 2.05) is 55.5 Å². The second kappa shape index (κ2) is 16.0. The third-order valence-corrected chi connectivity index (χ3v) is 3.16. The summed E-state index contributed by atoms with van der Waals surface area (Å²) in [5.41, 5.74) is 0. The Morgan fingerprint density at radius 1 is 0.917 bits per heavy atom. The molecule has 0 heterocycles. The smallest absolute Gasteiger partial charge is 0.303 e. The van der Waals surface area contributed by atoms with E-state index in [4.69, 9.17) is 5.11 Å². The van der Waals surface area contributed by atoms with Gasteiger partial charge in [-0.1, -0.05) is 67.7 Å². The van der Waals surface area contributed by atoms with Crippen molar-refractivity contribution in [2.45, 2.75) is 57.7 Å². The van der Waals surface area contributed by atoms with Crippen LogP contribution in [0.15, 0.2) is 60.8 Å². The summed E-state index contributed by atoms with van der Waals surface area (Å²) < 4.78 is 0. The van der Waals surface area contributed by atoms with Crippen LogP contribution >= 0.6 is 0 Å². The third kappa shape index (κ3) is 16.5. The number of hydrogen-bond donors (Lipinski definition) is 3. The van der Waals surface area contributed by atoms with Gasteiger partial charge in [0.25, 0.3) is 0 Å². The van der Waals surface area contributed by atoms with Gasteiger partial charge in [0.15, 0.2) is 0 Å². The molecule has 0 aliphatic carbocycles. The van der Waals surface area contributed by atoms with Crippen molar-refractivity contribution in [1.29, 1.82) is 0 Å². The molecular formula is C20H30O4. The standard InChI is InChI=1S/C20H30O4/c1-2-18(21)14-10-6-4-3-5-7-11-15-19(22)16-12-8-9-13-17-20(23)24/h4-8,10-12,14-15,18-19,21-22H,2-3,9,13,16-17H2,1H3,(H,23,24)/b6-4-,7-5-,12-8-,14-10+,15-11-. The van der Waals surface area contributed by atoms with Crippen molar-refractivity contribution in [3.63, 3.8) is 0 Å². The van der Waals surface area contributed by atoms with E-state index in [0.717, 1.165) is 19.3 Å². The fraction of sp³-hybridized carbons (Fsp3) is 0.450. The van der Waals surface area contributed by atoms with Crippen LogP contribution in [0, 0.1) is 0 Å². The molecule has 2 unspecified atom stereocenters. The monoisotopic (exact) mass is 334 g/mol. The Bertz CT molecular complexity index is 458. The van der Waals surface area contributed by atoms with Gasteiger partial charge in [-0.2, -0.15) is 0 Å². The molecule has 3 N–H and O–H groups in total. The lowest BCUT2D eigenvalue weighted by Gasteiger charge is -1.99. The highest BCUT2D eigenvalue weighted by atomic mass is 16.4. The Hall–Kier alpha value is -1.91. The van der Waals surface area contributed by atoms with Crippen LogP contribution in [0.3, 0.4) is 0 Å². The van der Waals surface area contributed by atoms with E-state index in [9.17, 15) is 15.0 Å². The minimum atomic E-state index is -0.775. The lowest BCUT2D eigenvalue weighted by atomic mass is 10.2. The number of hydrogen-bond acceptors (Lipinski definition) is 3. The molecule has 134 valence electrons. The normalized spacial score (nSPS) is 15.5. The van der Waals surface area contributed by atoms with Crippen LogP contribution in [0.25, 0.3) is 0 Å². The predicted octanol–water partition coefficient (Wildman–Crippen LogP) is 3.93. The number of carboxylic acid groups (broad SMARTS) is 1. The van der Waals surface area contributed by atoms with E-state index in [1.54, 1.807) is 12.2 Å². The van der Waals surface area contributed by atoms with Gasteiger partial charge in [0.2, 0.25) is 0 Å². The molecule has 0 spiro atoms. The average molecular weight is 334 g/mol. The first-order valence-corrected chi connectivity index (χ1v) is 8.45. The molecular weight excluding hydrogens is 304 g/mol. The van der Waals surface area contributed by atoms with Crippen molar-refractivity contribution in [2.75, 3.05) is 0 Å². The summed E-state index contributed by atoms with van der Waals surface area (Å²) >= 11 is 0. The molecule has 0 aliphatic rings. The first-order valence-electron chi connectivity index (χ1n) is 8.45. The molecule has 24 heavy (non-hydrogen) atoms. The van der Waals surface area contributed by atoms with Gasteiger partial charge in [0, 0.05) is 6.42 Å². The van der Waals surface area contributed by atoms with Crippen molar-refractivity contribution in [3.8, 4) is 0 Å². The number of aliphatic hydroxyl groups excluding tert-OH is 2. The number of rotatable bonds is 13. The summed E-state index contributed by atoms with van der Waals surface area (Å²) in [6, 6.07) is 0. The van der Waals surface area contributed by atoms with Crippen LogP contribution in [-0.4, -0.2) is 33.5 Å². The van der Waals surface area contributed by atoms with Gasteiger partial charge in [0.1, 0.15) is 0 Å². The highest BCUT2D eigenvalue weighted by Crippen LogP contribution is 2.01. The molecule has 2 atom stereocenters. The first kappa shape index (κ1) is 22.1. The molecule has 4 heteroatoms. The molecule has 0 fully saturated rings. The highest BCUT2D eigenvalue weighted by Gasteiger charge is 1.95. The number of carboxylic acids is 1. The van der Waals surface area contributed by atoms with Crippen molar-refractivity contribution < 1.29 is 20.1 Å². The molecule has 0 saturated heterocycles. The summed E-state index contributed by atoms with van der Waals surface area (Å²) in [5.74, 6) is -0.775. The zero-order valence-corrected chi connectivity index (χ0v) is 14.4. The summed E-state index contributed by atoms with van der Waals surface area (Å²) in [4.78, 5) is 10.3. The number of aliphatic carboxylic acids is 1. The summed E-state index contributed by atoms with van der Waals surface area (Å²) in [5, 5.41) is 27.5. The molecule has 4 nitrogen and oxygen atoms in total. The maximum absolute atomic E-state index is 10.3. The molecule has 0 bridgehead atoms. The minimum absolute atomic E-state index is 0.182. The lowest BCUT2D eigenvalue weighted by Crippen LogP contribution is -1.98. The van der Waals surface area contributed by atoms with Crippen molar-refractivity contribution in [3.05, 3.63) is 60.8 Å². The molecule has 0 saturated carbocycles. The SMILES string of the molecule is CCC(O)/C=C/C=C\C/C=C\C=C/C(O)C/C=C\CCCC(=O)O. The fourth-order valence-corrected chi connectivity index (χ4v) is 1.72. The van der Waals surface area contributed by atoms with Crippen molar-refractivity contribution >= 4 is 5.97 Å². The van der Waals surface area contributed by atoms with Gasteiger partial charge in [-0.25, -0.2) is 0 Å². The fourth-order valence-electron chi connectivity index (χ4n) is 1.72. The Labute approximate surface area is 145 Å². The zero-order chi connectivity index (χ0) is 18.0. The summed E-state index contributed by atoms with van der Waals surface area (Å²) in [6.45, 7) is 1.93. The van der Waals surface area contributed by atoms with E-state index in [2.05, 4.69) is 0 Å². The number of unbranched alkanes of at least 4 members (excludes halogenated alkanes) is 1. The Morgan fingerprint density at radius 3 is 2.12 bits per heavy atom. The Morgan fingerprint density at radius 2 is 1.54 bits per heavy atom. The van der Waals surface area contributed by atoms with Gasteiger partial charge in [-0.3, -0.25) is 4.79 Å². The van der Waals surface area contributed by atoms with Gasteiger partial charge < -0.3 is 15.3 Å². The van der Waals surface area contributed by atoms with Gasteiger partial charge in [-0.05, 0) is 32.1 Å². The van der Waals surface area contributed by atoms with Gasteiger partial charge in [0.05, 0.1) is 12.2 Å². The minimum Gasteiger partial charge on any atom is -0.481 e. The van der Waals surface area contributed by atoms with E-state index in [1.165, 1.54) is 0 Å². The van der Waals surface area contributed by atoms with Crippen LogP contribution in [0.5, 0.6) is 0 Å². The van der Waals surface area contributed by atoms with Crippen LogP contribution < -0.4 is 0 Å². The number of allylic oxidation sites excluding steroid dienone is 7. The third-order valence-electron chi connectivity index (χ3n) is 3.16. The molecule has 0 rings (SSSR count). The topological polar surface area (TPSA) is 77.8 Å². The molecule has 0 aliphatic heterocycles. The Balaban J connectivity index is 3.77. The van der Waals surface area contributed by atoms with Crippen LogP contribution in [0.4, 0.5) is 0 Å². The quantitative estimate of drug-likeness (QED) is 0.271. The van der Waals surface area contributed by atoms with E-state index >= 15 is 0 Å². The van der Waals surface area contributed by atoms with Crippen LogP contribution in [-0.2, 0) is 4.79 Å². The van der Waals surface area contributed by atoms with Gasteiger partial charge in [-0.15, -0.1) is 0 Å². The highest BCUT2D eigenvalue weighted by molar-refractivity contribution is 5.66. The molecule has 0 aromatic heterocycles. The van der Waals surface area contributed by atoms with Crippen molar-refractivity contribution in [1.82, 2.24) is 0 Å². The summed E-state index contributed by atoms with van der Waals surface area (Å²) in [7, 11) is 0. The van der Waals surface area contributed by atoms with Crippen LogP contribution in [0.1, 0.15) is 45.4 Å². The molecule has 0 aromatic carbocycles.